The van der Waals surface area contributed by atoms with Crippen LogP contribution in [0.25, 0.3) is 0 Å². The number of amides is 2. The number of benzene rings is 1. The Hall–Kier alpha value is -2.08. The van der Waals surface area contributed by atoms with E-state index >= 15 is 0 Å². The molecule has 0 aliphatic carbocycles. The highest BCUT2D eigenvalue weighted by atomic mass is 35.5. The van der Waals surface area contributed by atoms with E-state index in [4.69, 9.17) is 11.6 Å². The summed E-state index contributed by atoms with van der Waals surface area (Å²) in [5.41, 5.74) is 0.993. The van der Waals surface area contributed by atoms with E-state index in [1.807, 2.05) is 52.1 Å². The van der Waals surface area contributed by atoms with Gasteiger partial charge in [0.05, 0.1) is 6.04 Å². The maximum Gasteiger partial charge on any atom is 0.318 e. The lowest BCUT2D eigenvalue weighted by Crippen LogP contribution is -2.44. The minimum Gasteiger partial charge on any atom is -0.328 e. The van der Waals surface area contributed by atoms with Crippen molar-refractivity contribution in [1.82, 2.24) is 25.0 Å². The van der Waals surface area contributed by atoms with E-state index in [2.05, 4.69) is 15.5 Å². The summed E-state index contributed by atoms with van der Waals surface area (Å²) in [6.45, 7) is 6.35. The van der Waals surface area contributed by atoms with Crippen molar-refractivity contribution in [2.75, 3.05) is 0 Å². The standard InChI is InChI=1S/C16H22ClN5O/c1-11(2)22(9-13-6-5-7-14(17)8-13)16(23)19-12(3)15-20-18-10-21(15)4/h5-8,10-12H,9H2,1-4H3,(H,19,23)/t12-/m0/s1. The van der Waals surface area contributed by atoms with Gasteiger partial charge in [-0.15, -0.1) is 10.2 Å². The maximum atomic E-state index is 12.6. The van der Waals surface area contributed by atoms with Crippen LogP contribution in [0.2, 0.25) is 5.02 Å². The zero-order valence-electron chi connectivity index (χ0n) is 13.8. The molecule has 0 aliphatic rings. The summed E-state index contributed by atoms with van der Waals surface area (Å²) in [7, 11) is 1.85. The van der Waals surface area contributed by atoms with Crippen LogP contribution in [0.3, 0.4) is 0 Å². The molecule has 1 aromatic carbocycles. The molecule has 0 spiro atoms. The van der Waals surface area contributed by atoms with Crippen LogP contribution in [0.1, 0.15) is 38.2 Å². The average Bonchev–Trinajstić information content (AvgIpc) is 2.90. The Labute approximate surface area is 141 Å². The number of carbonyl (C=O) groups excluding carboxylic acids is 1. The third-order valence-electron chi connectivity index (χ3n) is 3.60. The number of nitrogens with one attached hydrogen (secondary N) is 1. The van der Waals surface area contributed by atoms with Crippen LogP contribution < -0.4 is 5.32 Å². The first-order chi connectivity index (χ1) is 10.9. The molecule has 2 amide bonds. The molecule has 1 N–H and O–H groups in total. The number of aromatic nitrogens is 3. The van der Waals surface area contributed by atoms with Crippen LogP contribution >= 0.6 is 11.6 Å². The second kappa shape index (κ2) is 7.46. The Morgan fingerprint density at radius 1 is 1.39 bits per heavy atom. The normalized spacial score (nSPS) is 12.3. The van der Waals surface area contributed by atoms with E-state index in [1.165, 1.54) is 0 Å². The van der Waals surface area contributed by atoms with Crippen LogP contribution in [0.15, 0.2) is 30.6 Å². The Bertz CT molecular complexity index is 670. The van der Waals surface area contributed by atoms with Crippen LogP contribution in [0, 0.1) is 0 Å². The molecule has 0 unspecified atom stereocenters. The zero-order valence-corrected chi connectivity index (χ0v) is 14.6. The lowest BCUT2D eigenvalue weighted by molar-refractivity contribution is 0.176. The minimum absolute atomic E-state index is 0.0562. The van der Waals surface area contributed by atoms with Crippen molar-refractivity contribution in [3.8, 4) is 0 Å². The SMILES string of the molecule is CC(C)N(Cc1cccc(Cl)c1)C(=O)N[C@@H](C)c1nncn1C. The molecule has 23 heavy (non-hydrogen) atoms. The number of urea groups is 1. The first-order valence-electron chi connectivity index (χ1n) is 7.54. The molecule has 7 heteroatoms. The van der Waals surface area contributed by atoms with E-state index < -0.39 is 0 Å². The quantitative estimate of drug-likeness (QED) is 0.913. The number of halogens is 1. The highest BCUT2D eigenvalue weighted by molar-refractivity contribution is 6.30. The third-order valence-corrected chi connectivity index (χ3v) is 3.83. The van der Waals surface area contributed by atoms with Gasteiger partial charge < -0.3 is 14.8 Å². The molecule has 1 aromatic heterocycles. The summed E-state index contributed by atoms with van der Waals surface area (Å²) in [4.78, 5) is 14.4. The first-order valence-corrected chi connectivity index (χ1v) is 7.91. The molecule has 0 saturated heterocycles. The van der Waals surface area contributed by atoms with Crippen molar-refractivity contribution >= 4 is 17.6 Å². The molecular weight excluding hydrogens is 314 g/mol. The second-order valence-electron chi connectivity index (χ2n) is 5.82. The summed E-state index contributed by atoms with van der Waals surface area (Å²) in [5.74, 6) is 0.713. The summed E-state index contributed by atoms with van der Waals surface area (Å²) in [6.07, 6.45) is 1.62. The van der Waals surface area contributed by atoms with Gasteiger partial charge in [0, 0.05) is 24.7 Å². The summed E-state index contributed by atoms with van der Waals surface area (Å²) < 4.78 is 1.79. The highest BCUT2D eigenvalue weighted by Gasteiger charge is 2.21. The smallest absolute Gasteiger partial charge is 0.318 e. The molecule has 0 bridgehead atoms. The molecule has 0 fully saturated rings. The Kier molecular flexibility index (Phi) is 5.60. The molecule has 1 heterocycles. The van der Waals surface area contributed by atoms with Crippen molar-refractivity contribution < 1.29 is 4.79 Å². The number of nitrogens with zero attached hydrogens (tertiary/aromatic N) is 4. The Morgan fingerprint density at radius 2 is 2.13 bits per heavy atom. The van der Waals surface area contributed by atoms with Gasteiger partial charge in [-0.1, -0.05) is 23.7 Å². The highest BCUT2D eigenvalue weighted by Crippen LogP contribution is 2.15. The van der Waals surface area contributed by atoms with Gasteiger partial charge in [-0.25, -0.2) is 4.79 Å². The zero-order chi connectivity index (χ0) is 17.0. The van der Waals surface area contributed by atoms with Crippen LogP contribution in [-0.4, -0.2) is 31.7 Å². The van der Waals surface area contributed by atoms with Crippen molar-refractivity contribution in [2.45, 2.75) is 39.4 Å². The second-order valence-corrected chi connectivity index (χ2v) is 6.26. The molecule has 2 aromatic rings. The average molecular weight is 336 g/mol. The van der Waals surface area contributed by atoms with Crippen LogP contribution in [-0.2, 0) is 13.6 Å². The van der Waals surface area contributed by atoms with E-state index in [1.54, 1.807) is 15.8 Å². The van der Waals surface area contributed by atoms with E-state index in [0.717, 1.165) is 5.56 Å². The lowest BCUT2D eigenvalue weighted by Gasteiger charge is -2.28. The van der Waals surface area contributed by atoms with Crippen molar-refractivity contribution in [1.29, 1.82) is 0 Å². The fourth-order valence-corrected chi connectivity index (χ4v) is 2.55. The molecule has 0 saturated carbocycles. The van der Waals surface area contributed by atoms with Gasteiger partial charge in [-0.05, 0) is 38.5 Å². The summed E-state index contributed by atoms with van der Waals surface area (Å²) in [6, 6.07) is 7.22. The van der Waals surface area contributed by atoms with Crippen molar-refractivity contribution in [3.63, 3.8) is 0 Å². The fraction of sp³-hybridized carbons (Fsp3) is 0.438. The predicted octanol–water partition coefficient (Wildman–Crippen LogP) is 3.15. The molecule has 0 aliphatic heterocycles. The van der Waals surface area contributed by atoms with Gasteiger partial charge in [-0.3, -0.25) is 0 Å². The molecule has 2 rings (SSSR count). The van der Waals surface area contributed by atoms with E-state index in [9.17, 15) is 4.79 Å². The molecule has 124 valence electrons. The maximum absolute atomic E-state index is 12.6. The predicted molar refractivity (Wildman–Crippen MR) is 90.1 cm³/mol. The molecular formula is C16H22ClN5O. The van der Waals surface area contributed by atoms with Gasteiger partial charge in [0.2, 0.25) is 0 Å². The van der Waals surface area contributed by atoms with Crippen LogP contribution in [0.4, 0.5) is 4.79 Å². The number of hydrogen-bond acceptors (Lipinski definition) is 3. The largest absolute Gasteiger partial charge is 0.328 e. The number of carbonyl (C=O) groups is 1. The topological polar surface area (TPSA) is 63.1 Å². The summed E-state index contributed by atoms with van der Waals surface area (Å²) in [5, 5.41) is 11.5. The van der Waals surface area contributed by atoms with Gasteiger partial charge in [0.1, 0.15) is 6.33 Å². The number of rotatable bonds is 5. The Balaban J connectivity index is 2.08. The minimum atomic E-state index is -0.226. The molecule has 6 nitrogen and oxygen atoms in total. The van der Waals surface area contributed by atoms with Crippen LogP contribution in [0.5, 0.6) is 0 Å². The molecule has 1 atom stereocenters. The van der Waals surface area contributed by atoms with E-state index in [-0.39, 0.29) is 18.1 Å². The first kappa shape index (κ1) is 17.3. The number of aryl methyl sites for hydroxylation is 1. The Morgan fingerprint density at radius 3 is 2.70 bits per heavy atom. The van der Waals surface area contributed by atoms with Gasteiger partial charge in [-0.2, -0.15) is 0 Å². The number of hydrogen-bond donors (Lipinski definition) is 1. The molecule has 0 radical (unpaired) electrons. The van der Waals surface area contributed by atoms with Gasteiger partial charge >= 0.3 is 6.03 Å². The van der Waals surface area contributed by atoms with Crippen molar-refractivity contribution in [2.24, 2.45) is 7.05 Å². The van der Waals surface area contributed by atoms with E-state index in [0.29, 0.717) is 17.4 Å². The lowest BCUT2D eigenvalue weighted by atomic mass is 10.2. The fourth-order valence-electron chi connectivity index (χ4n) is 2.34. The van der Waals surface area contributed by atoms with Crippen molar-refractivity contribution in [3.05, 3.63) is 47.0 Å². The monoisotopic (exact) mass is 335 g/mol. The summed E-state index contributed by atoms with van der Waals surface area (Å²) >= 11 is 6.02. The van der Waals surface area contributed by atoms with Gasteiger partial charge in [0.25, 0.3) is 0 Å². The third kappa shape index (κ3) is 4.45. The van der Waals surface area contributed by atoms with Gasteiger partial charge in [0.15, 0.2) is 5.82 Å².